The molecule has 0 amide bonds. The van der Waals surface area contributed by atoms with Crippen LogP contribution in [0.25, 0.3) is 0 Å². The fourth-order valence-electron chi connectivity index (χ4n) is 2.69. The van der Waals surface area contributed by atoms with Crippen molar-refractivity contribution >= 4 is 12.4 Å². The predicted octanol–water partition coefficient (Wildman–Crippen LogP) is 2.11. The summed E-state index contributed by atoms with van der Waals surface area (Å²) >= 11 is 0. The van der Waals surface area contributed by atoms with Crippen LogP contribution >= 0.6 is 12.4 Å². The van der Waals surface area contributed by atoms with Gasteiger partial charge in [0.2, 0.25) is 0 Å². The molecule has 2 saturated heterocycles. The molecule has 2 aliphatic heterocycles. The summed E-state index contributed by atoms with van der Waals surface area (Å²) in [5.74, 6) is 0.642. The highest BCUT2D eigenvalue weighted by molar-refractivity contribution is 5.85. The molecule has 3 nitrogen and oxygen atoms in total. The second-order valence-corrected chi connectivity index (χ2v) is 6.29. The van der Waals surface area contributed by atoms with E-state index in [1.807, 2.05) is 0 Å². The lowest BCUT2D eigenvalue weighted by atomic mass is 9.88. The average Bonchev–Trinajstić information content (AvgIpc) is 2.72. The van der Waals surface area contributed by atoms with Crippen molar-refractivity contribution in [2.75, 3.05) is 32.8 Å². The summed E-state index contributed by atoms with van der Waals surface area (Å²) in [5.41, 5.74) is 0.183. The molecule has 0 aliphatic carbocycles. The van der Waals surface area contributed by atoms with Gasteiger partial charge in [-0.25, -0.2) is 0 Å². The zero-order chi connectivity index (χ0) is 11.8. The largest absolute Gasteiger partial charge is 0.360 e. The quantitative estimate of drug-likeness (QED) is 0.825. The number of halogens is 1. The number of hydrogen-bond acceptors (Lipinski definition) is 3. The zero-order valence-corrected chi connectivity index (χ0v) is 12.4. The molecule has 102 valence electrons. The molecule has 0 aromatic heterocycles. The molecular formula is C13H27ClN2O. The van der Waals surface area contributed by atoms with Crippen molar-refractivity contribution in [3.05, 3.63) is 0 Å². The first-order valence-electron chi connectivity index (χ1n) is 6.56. The van der Waals surface area contributed by atoms with E-state index >= 15 is 0 Å². The highest BCUT2D eigenvalue weighted by Crippen LogP contribution is 2.33. The molecule has 2 atom stereocenters. The number of ether oxygens (including phenoxy) is 1. The molecule has 17 heavy (non-hydrogen) atoms. The van der Waals surface area contributed by atoms with E-state index in [4.69, 9.17) is 4.74 Å². The van der Waals surface area contributed by atoms with Crippen molar-refractivity contribution in [2.24, 2.45) is 11.3 Å². The maximum absolute atomic E-state index is 6.12. The van der Waals surface area contributed by atoms with Crippen LogP contribution in [0.15, 0.2) is 0 Å². The minimum Gasteiger partial charge on any atom is -0.360 e. The Labute approximate surface area is 112 Å². The topological polar surface area (TPSA) is 24.5 Å². The monoisotopic (exact) mass is 262 g/mol. The number of nitrogens with zero attached hydrogens (tertiary/aromatic N) is 1. The van der Waals surface area contributed by atoms with Gasteiger partial charge in [-0.2, -0.15) is 0 Å². The molecule has 0 aromatic rings. The van der Waals surface area contributed by atoms with Crippen molar-refractivity contribution < 1.29 is 4.74 Å². The first-order chi connectivity index (χ1) is 7.45. The van der Waals surface area contributed by atoms with Crippen LogP contribution in [-0.2, 0) is 4.74 Å². The normalized spacial score (nSPS) is 37.8. The maximum Gasteiger partial charge on any atom is 0.120 e. The first-order valence-corrected chi connectivity index (χ1v) is 6.56. The van der Waals surface area contributed by atoms with E-state index in [1.54, 1.807) is 0 Å². The Morgan fingerprint density at radius 3 is 2.53 bits per heavy atom. The van der Waals surface area contributed by atoms with Crippen LogP contribution in [0.2, 0.25) is 0 Å². The molecule has 0 spiro atoms. The summed E-state index contributed by atoms with van der Waals surface area (Å²) < 4.78 is 6.12. The summed E-state index contributed by atoms with van der Waals surface area (Å²) in [4.78, 5) is 2.51. The van der Waals surface area contributed by atoms with Gasteiger partial charge in [0.1, 0.15) is 5.72 Å². The maximum atomic E-state index is 6.12. The van der Waals surface area contributed by atoms with Crippen LogP contribution in [0.3, 0.4) is 0 Å². The van der Waals surface area contributed by atoms with Gasteiger partial charge in [0.05, 0.1) is 6.61 Å². The minimum atomic E-state index is -0.0978. The number of rotatable bonds is 2. The second-order valence-electron chi connectivity index (χ2n) is 6.29. The molecular weight excluding hydrogens is 236 g/mol. The molecule has 2 aliphatic rings. The molecule has 2 heterocycles. The molecule has 2 fully saturated rings. The van der Waals surface area contributed by atoms with Gasteiger partial charge in [-0.1, -0.05) is 20.8 Å². The van der Waals surface area contributed by atoms with E-state index in [9.17, 15) is 0 Å². The number of likely N-dealkylation sites (tertiary alicyclic amines) is 1. The smallest absolute Gasteiger partial charge is 0.120 e. The van der Waals surface area contributed by atoms with E-state index in [2.05, 4.69) is 37.9 Å². The summed E-state index contributed by atoms with van der Waals surface area (Å²) in [6, 6.07) is 0. The van der Waals surface area contributed by atoms with Crippen LogP contribution < -0.4 is 5.32 Å². The van der Waals surface area contributed by atoms with Crippen molar-refractivity contribution in [3.63, 3.8) is 0 Å². The Hall–Kier alpha value is 0.170. The summed E-state index contributed by atoms with van der Waals surface area (Å²) in [6.07, 6.45) is 1.26. The molecule has 0 aromatic carbocycles. The van der Waals surface area contributed by atoms with Crippen LogP contribution in [-0.4, -0.2) is 43.4 Å². The van der Waals surface area contributed by atoms with E-state index in [0.717, 1.165) is 19.7 Å². The van der Waals surface area contributed by atoms with Crippen molar-refractivity contribution in [3.8, 4) is 0 Å². The average molecular weight is 263 g/mol. The van der Waals surface area contributed by atoms with Crippen LogP contribution in [0, 0.1) is 11.3 Å². The zero-order valence-electron chi connectivity index (χ0n) is 11.6. The molecule has 0 saturated carbocycles. The number of hydrogen-bond donors (Lipinski definition) is 1. The van der Waals surface area contributed by atoms with Gasteiger partial charge >= 0.3 is 0 Å². The summed E-state index contributed by atoms with van der Waals surface area (Å²) in [7, 11) is 0. The molecule has 0 radical (unpaired) electrons. The standard InChI is InChI=1S/C13H26N2O.ClH/c1-5-15-7-6-11(8-15)13(4)14-9-12(2,3)10-16-13;/h11,14H,5-10H2,1-4H3;1H. The van der Waals surface area contributed by atoms with Crippen molar-refractivity contribution in [2.45, 2.75) is 39.8 Å². The highest BCUT2D eigenvalue weighted by Gasteiger charge is 2.43. The Bertz CT molecular complexity index is 248. The van der Waals surface area contributed by atoms with E-state index < -0.39 is 0 Å². The molecule has 4 heteroatoms. The van der Waals surface area contributed by atoms with Crippen LogP contribution in [0.5, 0.6) is 0 Å². The number of nitrogens with one attached hydrogen (secondary N) is 1. The Morgan fingerprint density at radius 1 is 1.35 bits per heavy atom. The minimum absolute atomic E-state index is 0. The van der Waals surface area contributed by atoms with Crippen LogP contribution in [0.1, 0.15) is 34.1 Å². The lowest BCUT2D eigenvalue weighted by molar-refractivity contribution is -0.154. The van der Waals surface area contributed by atoms with Gasteiger partial charge in [-0.15, -0.1) is 12.4 Å². The predicted molar refractivity (Wildman–Crippen MR) is 73.6 cm³/mol. The second kappa shape index (κ2) is 5.43. The SMILES string of the molecule is CCN1CCC(C2(C)NCC(C)(C)CO2)C1.Cl. The Balaban J connectivity index is 0.00000144. The third-order valence-electron chi connectivity index (χ3n) is 4.18. The van der Waals surface area contributed by atoms with Gasteiger partial charge in [-0.05, 0) is 26.4 Å². The van der Waals surface area contributed by atoms with E-state index in [1.165, 1.54) is 19.5 Å². The third kappa shape index (κ3) is 3.34. The van der Waals surface area contributed by atoms with E-state index in [0.29, 0.717) is 5.92 Å². The Kier molecular flexibility index (Phi) is 4.87. The van der Waals surface area contributed by atoms with Crippen molar-refractivity contribution in [1.82, 2.24) is 10.2 Å². The van der Waals surface area contributed by atoms with Gasteiger partial charge in [-0.3, -0.25) is 5.32 Å². The molecule has 1 N–H and O–H groups in total. The molecule has 0 bridgehead atoms. The van der Waals surface area contributed by atoms with Crippen molar-refractivity contribution in [1.29, 1.82) is 0 Å². The van der Waals surface area contributed by atoms with Gasteiger partial charge < -0.3 is 9.64 Å². The lowest BCUT2D eigenvalue weighted by Gasteiger charge is -2.45. The lowest BCUT2D eigenvalue weighted by Crippen LogP contribution is -2.60. The summed E-state index contributed by atoms with van der Waals surface area (Å²) in [6.45, 7) is 14.5. The molecule has 2 rings (SSSR count). The van der Waals surface area contributed by atoms with Gasteiger partial charge in [0.15, 0.2) is 0 Å². The Morgan fingerprint density at radius 2 is 2.06 bits per heavy atom. The van der Waals surface area contributed by atoms with E-state index in [-0.39, 0.29) is 23.5 Å². The van der Waals surface area contributed by atoms with Gasteiger partial charge in [0, 0.05) is 24.4 Å². The van der Waals surface area contributed by atoms with Crippen LogP contribution in [0.4, 0.5) is 0 Å². The molecule has 2 unspecified atom stereocenters. The third-order valence-corrected chi connectivity index (χ3v) is 4.18. The fraction of sp³-hybridized carbons (Fsp3) is 1.00. The highest BCUT2D eigenvalue weighted by atomic mass is 35.5. The summed E-state index contributed by atoms with van der Waals surface area (Å²) in [5, 5.41) is 3.62. The fourth-order valence-corrected chi connectivity index (χ4v) is 2.69. The van der Waals surface area contributed by atoms with Gasteiger partial charge in [0.25, 0.3) is 0 Å². The first kappa shape index (κ1) is 15.2.